The Balaban J connectivity index is 2.98. The van der Waals surface area contributed by atoms with Crippen LogP contribution in [0.4, 0.5) is 4.79 Å². The predicted octanol–water partition coefficient (Wildman–Crippen LogP) is 2.25. The molecule has 0 heterocycles. The number of ether oxygens (including phenoxy) is 3. The van der Waals surface area contributed by atoms with Crippen molar-refractivity contribution in [2.75, 3.05) is 13.2 Å². The molecule has 0 aliphatic heterocycles. The molecule has 3 N–H and O–H groups in total. The zero-order valence-electron chi connectivity index (χ0n) is 15.5. The number of carbonyl (C=O) groups is 3. The molecule has 26 heavy (non-hydrogen) atoms. The first kappa shape index (κ1) is 21.3. The highest BCUT2D eigenvalue weighted by atomic mass is 16.5. The van der Waals surface area contributed by atoms with Gasteiger partial charge in [-0.15, -0.1) is 0 Å². The molecule has 1 atom stereocenters. The highest BCUT2D eigenvalue weighted by Gasteiger charge is 2.28. The highest BCUT2D eigenvalue weighted by Crippen LogP contribution is 2.29. The molecule has 0 aliphatic rings. The molecule has 0 saturated carbocycles. The summed E-state index contributed by atoms with van der Waals surface area (Å²) in [6.07, 6.45) is -0.318. The van der Waals surface area contributed by atoms with Gasteiger partial charge in [-0.3, -0.25) is 10.1 Å². The van der Waals surface area contributed by atoms with Gasteiger partial charge in [-0.2, -0.15) is 0 Å². The van der Waals surface area contributed by atoms with Crippen LogP contribution in [0, 0.1) is 5.92 Å². The van der Waals surface area contributed by atoms with Crippen molar-refractivity contribution in [2.45, 2.75) is 40.2 Å². The van der Waals surface area contributed by atoms with Crippen molar-refractivity contribution >= 4 is 17.9 Å². The third kappa shape index (κ3) is 6.27. The van der Waals surface area contributed by atoms with Gasteiger partial charge < -0.3 is 19.9 Å². The predicted molar refractivity (Wildman–Crippen MR) is 95.2 cm³/mol. The number of hydrogen-bond donors (Lipinski definition) is 2. The Morgan fingerprint density at radius 2 is 1.81 bits per heavy atom. The third-order valence-corrected chi connectivity index (χ3v) is 3.29. The average Bonchev–Trinajstić information content (AvgIpc) is 2.57. The number of rotatable bonds is 9. The maximum absolute atomic E-state index is 12.4. The molecule has 0 aliphatic carbocycles. The lowest BCUT2D eigenvalue weighted by molar-refractivity contribution is -0.130. The van der Waals surface area contributed by atoms with Crippen molar-refractivity contribution in [3.63, 3.8) is 0 Å². The Labute approximate surface area is 153 Å². The van der Waals surface area contributed by atoms with Crippen LogP contribution in [0.15, 0.2) is 18.2 Å². The molecule has 0 bridgehead atoms. The lowest BCUT2D eigenvalue weighted by Gasteiger charge is -2.20. The SMILES string of the molecule is CCCOc1ccc(C(=O)O[C@H](C(=O)NC(N)=O)C(C)C)cc1OCC. The minimum absolute atomic E-state index is 0.204. The Kier molecular flexibility index (Phi) is 8.41. The fraction of sp³-hybridized carbons (Fsp3) is 0.500. The molecule has 0 unspecified atom stereocenters. The first-order valence-electron chi connectivity index (χ1n) is 8.51. The molecule has 144 valence electrons. The van der Waals surface area contributed by atoms with E-state index in [0.717, 1.165) is 6.42 Å². The van der Waals surface area contributed by atoms with Crippen LogP contribution < -0.4 is 20.5 Å². The van der Waals surface area contributed by atoms with E-state index < -0.39 is 24.0 Å². The van der Waals surface area contributed by atoms with Crippen LogP contribution in [0.25, 0.3) is 0 Å². The minimum Gasteiger partial charge on any atom is -0.490 e. The van der Waals surface area contributed by atoms with Gasteiger partial charge in [-0.05, 0) is 37.5 Å². The Bertz CT molecular complexity index is 645. The topological polar surface area (TPSA) is 117 Å². The maximum Gasteiger partial charge on any atom is 0.339 e. The van der Waals surface area contributed by atoms with Crippen molar-refractivity contribution in [3.05, 3.63) is 23.8 Å². The van der Waals surface area contributed by atoms with Gasteiger partial charge in [0.2, 0.25) is 0 Å². The van der Waals surface area contributed by atoms with Gasteiger partial charge >= 0.3 is 12.0 Å². The van der Waals surface area contributed by atoms with E-state index in [-0.39, 0.29) is 11.5 Å². The molecule has 1 aromatic carbocycles. The fourth-order valence-electron chi connectivity index (χ4n) is 2.10. The minimum atomic E-state index is -1.15. The van der Waals surface area contributed by atoms with E-state index in [2.05, 4.69) is 0 Å². The zero-order chi connectivity index (χ0) is 19.7. The van der Waals surface area contributed by atoms with Crippen LogP contribution >= 0.6 is 0 Å². The molecular weight excluding hydrogens is 340 g/mol. The Morgan fingerprint density at radius 3 is 2.35 bits per heavy atom. The lowest BCUT2D eigenvalue weighted by Crippen LogP contribution is -2.45. The number of carbonyl (C=O) groups excluding carboxylic acids is 3. The number of imide groups is 1. The largest absolute Gasteiger partial charge is 0.490 e. The number of urea groups is 1. The van der Waals surface area contributed by atoms with Crippen molar-refractivity contribution in [3.8, 4) is 11.5 Å². The van der Waals surface area contributed by atoms with Gasteiger partial charge in [0.05, 0.1) is 18.8 Å². The molecule has 0 fully saturated rings. The van der Waals surface area contributed by atoms with E-state index in [0.29, 0.717) is 24.7 Å². The zero-order valence-corrected chi connectivity index (χ0v) is 15.5. The molecular formula is C18H26N2O6. The fourth-order valence-corrected chi connectivity index (χ4v) is 2.10. The summed E-state index contributed by atoms with van der Waals surface area (Å²) in [6, 6.07) is 3.64. The molecule has 1 aromatic rings. The monoisotopic (exact) mass is 366 g/mol. The van der Waals surface area contributed by atoms with Gasteiger partial charge in [-0.25, -0.2) is 9.59 Å². The highest BCUT2D eigenvalue weighted by molar-refractivity contribution is 5.98. The number of esters is 1. The number of nitrogens with one attached hydrogen (secondary N) is 1. The number of benzene rings is 1. The van der Waals surface area contributed by atoms with Gasteiger partial charge in [0.1, 0.15) is 0 Å². The summed E-state index contributed by atoms with van der Waals surface area (Å²) in [5.74, 6) is -0.896. The Hall–Kier alpha value is -2.77. The van der Waals surface area contributed by atoms with Crippen LogP contribution in [-0.4, -0.2) is 37.2 Å². The average molecular weight is 366 g/mol. The third-order valence-electron chi connectivity index (χ3n) is 3.29. The van der Waals surface area contributed by atoms with E-state index in [1.165, 1.54) is 12.1 Å². The maximum atomic E-state index is 12.4. The lowest BCUT2D eigenvalue weighted by atomic mass is 10.1. The summed E-state index contributed by atoms with van der Waals surface area (Å²) in [4.78, 5) is 35.2. The smallest absolute Gasteiger partial charge is 0.339 e. The standard InChI is InChI=1S/C18H26N2O6/c1-5-9-25-13-8-7-12(10-14(13)24-6-2)17(22)26-15(11(3)4)16(21)20-18(19)23/h7-8,10-11,15H,5-6,9H2,1-4H3,(H3,19,20,21,23)/t15-/m0/s1. The Morgan fingerprint density at radius 1 is 1.12 bits per heavy atom. The summed E-state index contributed by atoms with van der Waals surface area (Å²) >= 11 is 0. The van der Waals surface area contributed by atoms with Crippen molar-refractivity contribution < 1.29 is 28.6 Å². The van der Waals surface area contributed by atoms with Gasteiger partial charge in [0, 0.05) is 0 Å². The van der Waals surface area contributed by atoms with Gasteiger partial charge in [0.15, 0.2) is 17.6 Å². The molecule has 0 radical (unpaired) electrons. The number of nitrogens with two attached hydrogens (primary N) is 1. The van der Waals surface area contributed by atoms with E-state index >= 15 is 0 Å². The second kappa shape index (κ2) is 10.3. The molecule has 8 nitrogen and oxygen atoms in total. The number of amides is 3. The van der Waals surface area contributed by atoms with E-state index in [1.807, 2.05) is 19.2 Å². The van der Waals surface area contributed by atoms with Crippen molar-refractivity contribution in [1.29, 1.82) is 0 Å². The molecule has 0 aromatic heterocycles. The summed E-state index contributed by atoms with van der Waals surface area (Å²) in [5, 5.41) is 1.92. The number of primary amides is 1. The molecule has 3 amide bonds. The normalized spacial score (nSPS) is 11.6. The second-order valence-electron chi connectivity index (χ2n) is 5.87. The van der Waals surface area contributed by atoms with Crippen LogP contribution in [-0.2, 0) is 9.53 Å². The van der Waals surface area contributed by atoms with Crippen LogP contribution in [0.2, 0.25) is 0 Å². The summed E-state index contributed by atoms with van der Waals surface area (Å²) < 4.78 is 16.3. The first-order valence-corrected chi connectivity index (χ1v) is 8.51. The summed E-state index contributed by atoms with van der Waals surface area (Å²) in [7, 11) is 0. The van der Waals surface area contributed by atoms with Crippen LogP contribution in [0.3, 0.4) is 0 Å². The van der Waals surface area contributed by atoms with Crippen LogP contribution in [0.1, 0.15) is 44.5 Å². The van der Waals surface area contributed by atoms with Crippen molar-refractivity contribution in [1.82, 2.24) is 5.32 Å². The van der Waals surface area contributed by atoms with E-state index in [1.54, 1.807) is 19.9 Å². The quantitative estimate of drug-likeness (QED) is 0.647. The number of hydrogen-bond acceptors (Lipinski definition) is 6. The first-order chi connectivity index (χ1) is 12.3. The molecule has 8 heteroatoms. The molecule has 0 spiro atoms. The van der Waals surface area contributed by atoms with E-state index in [4.69, 9.17) is 19.9 Å². The van der Waals surface area contributed by atoms with Gasteiger partial charge in [-0.1, -0.05) is 20.8 Å². The summed E-state index contributed by atoms with van der Waals surface area (Å²) in [6.45, 7) is 8.09. The van der Waals surface area contributed by atoms with Gasteiger partial charge in [0.25, 0.3) is 5.91 Å². The summed E-state index contributed by atoms with van der Waals surface area (Å²) in [5.41, 5.74) is 5.14. The molecule has 1 rings (SSSR count). The van der Waals surface area contributed by atoms with E-state index in [9.17, 15) is 14.4 Å². The van der Waals surface area contributed by atoms with Crippen molar-refractivity contribution in [2.24, 2.45) is 11.7 Å². The molecule has 0 saturated heterocycles. The van der Waals surface area contributed by atoms with Crippen LogP contribution in [0.5, 0.6) is 11.5 Å². The second-order valence-corrected chi connectivity index (χ2v) is 5.87.